The fourth-order valence-corrected chi connectivity index (χ4v) is 1.92. The van der Waals surface area contributed by atoms with E-state index in [0.29, 0.717) is 0 Å². The van der Waals surface area contributed by atoms with E-state index in [0.717, 1.165) is 0 Å². The van der Waals surface area contributed by atoms with Gasteiger partial charge in [0.2, 0.25) is 0 Å². The summed E-state index contributed by atoms with van der Waals surface area (Å²) in [5, 5.41) is 0.102. The highest BCUT2D eigenvalue weighted by molar-refractivity contribution is 6.55. The summed E-state index contributed by atoms with van der Waals surface area (Å²) in [6.07, 6.45) is 0. The zero-order valence-corrected chi connectivity index (χ0v) is 8.75. The Morgan fingerprint density at radius 2 is 2.00 bits per heavy atom. The molecule has 0 heterocycles. The van der Waals surface area contributed by atoms with Gasteiger partial charge < -0.3 is 0 Å². The average molecular weight is 183 g/mol. The molecule has 0 aliphatic heterocycles. The van der Waals surface area contributed by atoms with E-state index in [-0.39, 0.29) is 19.4 Å². The van der Waals surface area contributed by atoms with Crippen LogP contribution >= 0.6 is 23.2 Å². The molecule has 0 N–H and O–H groups in total. The smallest absolute Gasteiger partial charge is 0.108 e. The fourth-order valence-electron chi connectivity index (χ4n) is 0.461. The Hall–Kier alpha value is 0.537. The second-order valence-electron chi connectivity index (χ2n) is 2.78. The first-order valence-corrected chi connectivity index (χ1v) is 5.29. The van der Waals surface area contributed by atoms with Crippen LogP contribution in [-0.2, 0) is 0 Å². The molecule has 0 radical (unpaired) electrons. The Bertz CT molecular complexity index is 99.2. The summed E-state index contributed by atoms with van der Waals surface area (Å²) in [6, 6.07) is 0. The molecule has 0 bridgehead atoms. The summed E-state index contributed by atoms with van der Waals surface area (Å²) in [7, 11) is -0.298. The minimum atomic E-state index is -0.298. The van der Waals surface area contributed by atoms with Crippen LogP contribution in [0.1, 0.15) is 13.8 Å². The van der Waals surface area contributed by atoms with Crippen molar-refractivity contribution in [1.82, 2.24) is 0 Å². The maximum absolute atomic E-state index is 5.70. The normalized spacial score (nSPS) is 13.4. The van der Waals surface area contributed by atoms with Gasteiger partial charge in [0, 0.05) is 0 Å². The molecule has 0 aromatic rings. The van der Waals surface area contributed by atoms with Gasteiger partial charge in [-0.3, -0.25) is 0 Å². The maximum Gasteiger partial charge on any atom is 0.110 e. The highest BCUT2D eigenvalue weighted by atomic mass is 35.5. The molecule has 0 spiro atoms. The lowest BCUT2D eigenvalue weighted by Gasteiger charge is -2.22. The third kappa shape index (κ3) is 3.29. The summed E-state index contributed by atoms with van der Waals surface area (Å²) >= 11 is 11.4. The van der Waals surface area contributed by atoms with Crippen LogP contribution in [0.4, 0.5) is 0 Å². The molecule has 0 saturated carbocycles. The fraction of sp³-hybridized carbons (Fsp3) is 0.667. The Morgan fingerprint density at radius 3 is 2.11 bits per heavy atom. The SMILES string of the molecule is C=C[SiH2]C(C)(C)C(Cl)Cl. The monoisotopic (exact) mass is 182 g/mol. The van der Waals surface area contributed by atoms with E-state index in [1.807, 2.05) is 5.70 Å². The van der Waals surface area contributed by atoms with E-state index >= 15 is 0 Å². The standard InChI is InChI=1S/C6H12Cl2Si/c1-4-9-6(2,3)5(7)8/h4-5H,1,9H2,2-3H3. The van der Waals surface area contributed by atoms with Crippen molar-refractivity contribution in [1.29, 1.82) is 0 Å². The molecule has 0 aromatic heterocycles. The molecular formula is C6H12Cl2Si. The van der Waals surface area contributed by atoms with Gasteiger partial charge in [0.1, 0.15) is 4.84 Å². The average Bonchev–Trinajstić information content (AvgIpc) is 1.65. The van der Waals surface area contributed by atoms with Gasteiger partial charge in [-0.25, -0.2) is 0 Å². The number of alkyl halides is 2. The van der Waals surface area contributed by atoms with Crippen molar-refractivity contribution in [2.75, 3.05) is 0 Å². The van der Waals surface area contributed by atoms with Crippen molar-refractivity contribution >= 4 is 32.7 Å². The van der Waals surface area contributed by atoms with Crippen LogP contribution in [0.15, 0.2) is 12.3 Å². The highest BCUT2D eigenvalue weighted by Crippen LogP contribution is 2.34. The Morgan fingerprint density at radius 1 is 1.56 bits per heavy atom. The summed E-state index contributed by atoms with van der Waals surface area (Å²) in [6.45, 7) is 7.82. The van der Waals surface area contributed by atoms with E-state index in [1.54, 1.807) is 0 Å². The van der Waals surface area contributed by atoms with Crippen molar-refractivity contribution in [2.24, 2.45) is 0 Å². The van der Waals surface area contributed by atoms with Crippen LogP contribution in [0.5, 0.6) is 0 Å². The van der Waals surface area contributed by atoms with Gasteiger partial charge in [-0.15, -0.1) is 35.5 Å². The van der Waals surface area contributed by atoms with E-state index in [2.05, 4.69) is 20.4 Å². The first-order chi connectivity index (χ1) is 4.00. The third-order valence-corrected chi connectivity index (χ3v) is 4.71. The molecule has 0 atom stereocenters. The zero-order valence-electron chi connectivity index (χ0n) is 5.82. The number of hydrogen-bond acceptors (Lipinski definition) is 0. The van der Waals surface area contributed by atoms with E-state index < -0.39 is 0 Å². The summed E-state index contributed by atoms with van der Waals surface area (Å²) < 4.78 is 0. The Labute approximate surface area is 69.1 Å². The summed E-state index contributed by atoms with van der Waals surface area (Å²) in [4.78, 5) is -0.248. The van der Waals surface area contributed by atoms with Gasteiger partial charge in [0.25, 0.3) is 0 Å². The number of hydrogen-bond donors (Lipinski definition) is 0. The number of halogens is 2. The van der Waals surface area contributed by atoms with E-state index in [4.69, 9.17) is 23.2 Å². The lowest BCUT2D eigenvalue weighted by atomic mass is 10.2. The minimum Gasteiger partial charge on any atom is -0.108 e. The molecule has 3 heteroatoms. The third-order valence-electron chi connectivity index (χ3n) is 1.26. The molecule has 0 nitrogen and oxygen atoms in total. The Kier molecular flexibility index (Phi) is 3.86. The molecule has 0 aliphatic carbocycles. The maximum atomic E-state index is 5.70. The summed E-state index contributed by atoms with van der Waals surface area (Å²) in [5.74, 6) is 0. The first-order valence-electron chi connectivity index (χ1n) is 2.90. The molecule has 0 aliphatic rings. The van der Waals surface area contributed by atoms with Crippen LogP contribution in [-0.4, -0.2) is 14.4 Å². The molecule has 0 fully saturated rings. The second kappa shape index (κ2) is 3.64. The number of rotatable bonds is 3. The summed E-state index contributed by atoms with van der Waals surface area (Å²) in [5.41, 5.74) is 1.97. The molecule has 0 rings (SSSR count). The molecule has 0 unspecified atom stereocenters. The predicted molar refractivity (Wildman–Crippen MR) is 48.3 cm³/mol. The molecule has 0 amide bonds. The van der Waals surface area contributed by atoms with Crippen molar-refractivity contribution in [3.8, 4) is 0 Å². The van der Waals surface area contributed by atoms with Crippen LogP contribution in [0.2, 0.25) is 5.04 Å². The molecule has 0 saturated heterocycles. The van der Waals surface area contributed by atoms with Gasteiger partial charge in [-0.1, -0.05) is 13.8 Å². The van der Waals surface area contributed by atoms with Crippen molar-refractivity contribution < 1.29 is 0 Å². The zero-order chi connectivity index (χ0) is 7.49. The van der Waals surface area contributed by atoms with Gasteiger partial charge >= 0.3 is 0 Å². The van der Waals surface area contributed by atoms with Crippen molar-refractivity contribution in [3.63, 3.8) is 0 Å². The lowest BCUT2D eigenvalue weighted by molar-refractivity contribution is 0.731. The highest BCUT2D eigenvalue weighted by Gasteiger charge is 2.24. The van der Waals surface area contributed by atoms with Gasteiger partial charge in [0.05, 0.1) is 9.52 Å². The van der Waals surface area contributed by atoms with Crippen LogP contribution in [0.25, 0.3) is 0 Å². The van der Waals surface area contributed by atoms with Crippen LogP contribution in [0.3, 0.4) is 0 Å². The quantitative estimate of drug-likeness (QED) is 0.465. The van der Waals surface area contributed by atoms with Crippen molar-refractivity contribution in [2.45, 2.75) is 23.7 Å². The molecule has 9 heavy (non-hydrogen) atoms. The van der Waals surface area contributed by atoms with Crippen molar-refractivity contribution in [3.05, 3.63) is 12.3 Å². The van der Waals surface area contributed by atoms with E-state index in [1.165, 1.54) is 0 Å². The van der Waals surface area contributed by atoms with Crippen LogP contribution in [0, 0.1) is 0 Å². The predicted octanol–water partition coefficient (Wildman–Crippen LogP) is 2.30. The lowest BCUT2D eigenvalue weighted by Crippen LogP contribution is -2.18. The minimum absolute atomic E-state index is 0.102. The first kappa shape index (κ1) is 9.54. The van der Waals surface area contributed by atoms with E-state index in [9.17, 15) is 0 Å². The van der Waals surface area contributed by atoms with Crippen LogP contribution < -0.4 is 0 Å². The molecule has 54 valence electrons. The van der Waals surface area contributed by atoms with Gasteiger partial charge in [0.15, 0.2) is 0 Å². The largest absolute Gasteiger partial charge is 0.110 e. The van der Waals surface area contributed by atoms with Gasteiger partial charge in [-0.05, 0) is 5.04 Å². The molecular weight excluding hydrogens is 171 g/mol. The topological polar surface area (TPSA) is 0 Å². The second-order valence-corrected chi connectivity index (χ2v) is 6.69. The van der Waals surface area contributed by atoms with Gasteiger partial charge in [-0.2, -0.15) is 0 Å². The Balaban J connectivity index is 3.84. The molecule has 0 aromatic carbocycles.